The molecule has 0 aliphatic carbocycles. The van der Waals surface area contributed by atoms with E-state index >= 15 is 0 Å². The van der Waals surface area contributed by atoms with Gasteiger partial charge >= 0.3 is 0 Å². The topological polar surface area (TPSA) is 87.3 Å². The minimum Gasteiger partial charge on any atom is -0.348 e. The van der Waals surface area contributed by atoms with E-state index in [1.165, 1.54) is 19.9 Å². The number of amides is 3. The number of hydrogen-bond donors (Lipinski definition) is 3. The van der Waals surface area contributed by atoms with E-state index in [1.807, 2.05) is 19.1 Å². The zero-order valence-corrected chi connectivity index (χ0v) is 15.5. The third-order valence-electron chi connectivity index (χ3n) is 3.59. The lowest BCUT2D eigenvalue weighted by molar-refractivity contribution is -0.115. The maximum absolute atomic E-state index is 12.4. The molecule has 0 aliphatic rings. The Morgan fingerprint density at radius 3 is 2.19 bits per heavy atom. The van der Waals surface area contributed by atoms with Gasteiger partial charge in [0.15, 0.2) is 0 Å². The first-order valence-electron chi connectivity index (χ1n) is 7.98. The van der Waals surface area contributed by atoms with Crippen LogP contribution in [0.1, 0.15) is 35.3 Å². The molecule has 136 valence electrons. The number of rotatable bonds is 5. The third kappa shape index (κ3) is 5.32. The Hall–Kier alpha value is -2.86. The molecule has 0 heterocycles. The number of carbonyl (C=O) groups is 3. The number of anilines is 2. The van der Waals surface area contributed by atoms with Gasteiger partial charge in [-0.1, -0.05) is 23.7 Å². The quantitative estimate of drug-likeness (QED) is 0.749. The van der Waals surface area contributed by atoms with Crippen LogP contribution in [0.2, 0.25) is 5.02 Å². The molecule has 0 fully saturated rings. The molecule has 0 spiro atoms. The Bertz CT molecular complexity index is 865. The van der Waals surface area contributed by atoms with Gasteiger partial charge in [-0.25, -0.2) is 0 Å². The van der Waals surface area contributed by atoms with Crippen molar-refractivity contribution in [3.05, 3.63) is 58.1 Å². The fraction of sp³-hybridized carbons (Fsp3) is 0.211. The summed E-state index contributed by atoms with van der Waals surface area (Å²) >= 11 is 6.09. The highest BCUT2D eigenvalue weighted by atomic mass is 35.5. The van der Waals surface area contributed by atoms with Crippen LogP contribution in [0, 0.1) is 6.92 Å². The third-order valence-corrected chi connectivity index (χ3v) is 4.00. The van der Waals surface area contributed by atoms with Gasteiger partial charge in [0.25, 0.3) is 5.91 Å². The Morgan fingerprint density at radius 2 is 1.58 bits per heavy atom. The van der Waals surface area contributed by atoms with Crippen molar-refractivity contribution in [1.82, 2.24) is 5.32 Å². The molecule has 0 unspecified atom stereocenters. The zero-order chi connectivity index (χ0) is 19.3. The van der Waals surface area contributed by atoms with Crippen LogP contribution >= 0.6 is 11.6 Å². The van der Waals surface area contributed by atoms with Crippen molar-refractivity contribution in [2.24, 2.45) is 0 Å². The molecule has 2 rings (SSSR count). The number of carbonyl (C=O) groups excluding carboxylic acids is 3. The molecule has 0 saturated carbocycles. The number of benzene rings is 2. The predicted molar refractivity (Wildman–Crippen MR) is 102 cm³/mol. The van der Waals surface area contributed by atoms with Gasteiger partial charge in [0.05, 0.1) is 11.4 Å². The minimum atomic E-state index is -0.303. The fourth-order valence-electron chi connectivity index (χ4n) is 2.31. The van der Waals surface area contributed by atoms with Crippen molar-refractivity contribution in [2.45, 2.75) is 27.3 Å². The number of nitrogens with one attached hydrogen (secondary N) is 3. The first-order valence-corrected chi connectivity index (χ1v) is 8.36. The number of hydrogen-bond acceptors (Lipinski definition) is 3. The van der Waals surface area contributed by atoms with Crippen molar-refractivity contribution in [3.8, 4) is 0 Å². The van der Waals surface area contributed by atoms with Crippen LogP contribution in [-0.2, 0) is 16.1 Å². The molecular weight excluding hydrogens is 354 g/mol. The minimum absolute atomic E-state index is 0.273. The number of halogens is 1. The van der Waals surface area contributed by atoms with E-state index < -0.39 is 0 Å². The van der Waals surface area contributed by atoms with Crippen molar-refractivity contribution >= 4 is 40.7 Å². The summed E-state index contributed by atoms with van der Waals surface area (Å²) in [4.78, 5) is 35.0. The second kappa shape index (κ2) is 8.49. The molecule has 0 bridgehead atoms. The van der Waals surface area contributed by atoms with E-state index in [2.05, 4.69) is 16.0 Å². The first-order chi connectivity index (χ1) is 12.3. The molecular formula is C19H20ClN3O3. The molecule has 2 aromatic carbocycles. The molecule has 0 aliphatic heterocycles. The molecule has 0 saturated heterocycles. The molecule has 2 aromatic rings. The SMILES string of the molecule is CC(=O)Nc1ccc(C(=O)NCc2ccc(C)c(Cl)c2)cc1NC(C)=O. The maximum atomic E-state index is 12.4. The van der Waals surface area contributed by atoms with Crippen LogP contribution in [0.4, 0.5) is 11.4 Å². The lowest BCUT2D eigenvalue weighted by Crippen LogP contribution is -2.23. The van der Waals surface area contributed by atoms with Crippen LogP contribution in [-0.4, -0.2) is 17.7 Å². The van der Waals surface area contributed by atoms with Crippen molar-refractivity contribution in [2.75, 3.05) is 10.6 Å². The van der Waals surface area contributed by atoms with E-state index in [-0.39, 0.29) is 17.7 Å². The van der Waals surface area contributed by atoms with Crippen LogP contribution < -0.4 is 16.0 Å². The molecule has 6 nitrogen and oxygen atoms in total. The monoisotopic (exact) mass is 373 g/mol. The van der Waals surface area contributed by atoms with Crippen molar-refractivity contribution in [3.63, 3.8) is 0 Å². The average molecular weight is 374 g/mol. The second-order valence-electron chi connectivity index (χ2n) is 5.89. The fourth-order valence-corrected chi connectivity index (χ4v) is 2.51. The van der Waals surface area contributed by atoms with Crippen LogP contribution in [0.15, 0.2) is 36.4 Å². The van der Waals surface area contributed by atoms with E-state index in [0.29, 0.717) is 28.5 Å². The summed E-state index contributed by atoms with van der Waals surface area (Å²) in [7, 11) is 0. The average Bonchev–Trinajstić information content (AvgIpc) is 2.56. The zero-order valence-electron chi connectivity index (χ0n) is 14.8. The van der Waals surface area contributed by atoms with Gasteiger partial charge in [0.2, 0.25) is 11.8 Å². The highest BCUT2D eigenvalue weighted by molar-refractivity contribution is 6.31. The smallest absolute Gasteiger partial charge is 0.251 e. The van der Waals surface area contributed by atoms with Crippen molar-refractivity contribution < 1.29 is 14.4 Å². The Kier molecular flexibility index (Phi) is 6.36. The predicted octanol–water partition coefficient (Wildman–Crippen LogP) is 3.50. The summed E-state index contributed by atoms with van der Waals surface area (Å²) in [5, 5.41) is 8.67. The van der Waals surface area contributed by atoms with Crippen LogP contribution in [0.5, 0.6) is 0 Å². The van der Waals surface area contributed by atoms with Crippen molar-refractivity contribution in [1.29, 1.82) is 0 Å². The van der Waals surface area contributed by atoms with Gasteiger partial charge in [-0.05, 0) is 42.3 Å². The van der Waals surface area contributed by atoms with Crippen LogP contribution in [0.3, 0.4) is 0 Å². The lowest BCUT2D eigenvalue weighted by atomic mass is 10.1. The van der Waals surface area contributed by atoms with E-state index in [9.17, 15) is 14.4 Å². The summed E-state index contributed by atoms with van der Waals surface area (Å²) in [5.74, 6) is -0.879. The van der Waals surface area contributed by atoms with Gasteiger partial charge in [0.1, 0.15) is 0 Å². The standard InChI is InChI=1S/C19H20ClN3O3/c1-11-4-5-14(8-16(11)20)10-21-19(26)15-6-7-17(22-12(2)24)18(9-15)23-13(3)25/h4-9H,10H2,1-3H3,(H,21,26)(H,22,24)(H,23,25). The Balaban J connectivity index is 2.15. The Morgan fingerprint density at radius 1 is 0.923 bits per heavy atom. The van der Waals surface area contributed by atoms with Gasteiger partial charge < -0.3 is 16.0 Å². The molecule has 0 radical (unpaired) electrons. The highest BCUT2D eigenvalue weighted by Gasteiger charge is 2.12. The van der Waals surface area contributed by atoms with Crippen LogP contribution in [0.25, 0.3) is 0 Å². The molecule has 26 heavy (non-hydrogen) atoms. The Labute approximate surface area is 156 Å². The summed E-state index contributed by atoms with van der Waals surface area (Å²) in [6.45, 7) is 4.95. The highest BCUT2D eigenvalue weighted by Crippen LogP contribution is 2.24. The van der Waals surface area contributed by atoms with Gasteiger partial charge in [0, 0.05) is 31.0 Å². The molecule has 0 aromatic heterocycles. The van der Waals surface area contributed by atoms with E-state index in [0.717, 1.165) is 11.1 Å². The first kappa shape index (κ1) is 19.5. The summed E-state index contributed by atoms with van der Waals surface area (Å²) in [6.07, 6.45) is 0. The normalized spacial score (nSPS) is 10.2. The molecule has 0 atom stereocenters. The second-order valence-corrected chi connectivity index (χ2v) is 6.30. The molecule has 7 heteroatoms. The number of aryl methyl sites for hydroxylation is 1. The summed E-state index contributed by atoms with van der Waals surface area (Å²) < 4.78 is 0. The van der Waals surface area contributed by atoms with E-state index in [4.69, 9.17) is 11.6 Å². The van der Waals surface area contributed by atoms with Gasteiger partial charge in [-0.2, -0.15) is 0 Å². The van der Waals surface area contributed by atoms with Gasteiger partial charge in [-0.3, -0.25) is 14.4 Å². The summed E-state index contributed by atoms with van der Waals surface area (Å²) in [5.41, 5.74) is 3.00. The summed E-state index contributed by atoms with van der Waals surface area (Å²) in [6, 6.07) is 10.3. The lowest BCUT2D eigenvalue weighted by Gasteiger charge is -2.13. The largest absolute Gasteiger partial charge is 0.348 e. The molecule has 3 amide bonds. The maximum Gasteiger partial charge on any atom is 0.251 e. The van der Waals surface area contributed by atoms with E-state index in [1.54, 1.807) is 18.2 Å². The van der Waals surface area contributed by atoms with Gasteiger partial charge in [-0.15, -0.1) is 0 Å². The molecule has 3 N–H and O–H groups in total.